The summed E-state index contributed by atoms with van der Waals surface area (Å²) < 4.78 is 31.9. The van der Waals surface area contributed by atoms with Gasteiger partial charge < -0.3 is 4.74 Å². The van der Waals surface area contributed by atoms with Crippen molar-refractivity contribution in [2.24, 2.45) is 16.7 Å². The fraction of sp³-hybridized carbons (Fsp3) is 0.524. The summed E-state index contributed by atoms with van der Waals surface area (Å²) in [5.41, 5.74) is 1.99. The fourth-order valence-corrected chi connectivity index (χ4v) is 7.00. The molecule has 0 aromatic heterocycles. The fourth-order valence-electron chi connectivity index (χ4n) is 4.88. The first-order valence-corrected chi connectivity index (χ1v) is 10.7. The molecule has 0 saturated heterocycles. The second kappa shape index (κ2) is 6.71. The minimum atomic E-state index is -3.47. The minimum Gasteiger partial charge on any atom is -0.458 e. The molecule has 3 rings (SSSR count). The van der Waals surface area contributed by atoms with E-state index in [1.807, 2.05) is 0 Å². The van der Waals surface area contributed by atoms with Crippen LogP contribution in [0.2, 0.25) is 0 Å². The predicted octanol–water partition coefficient (Wildman–Crippen LogP) is 3.93. The summed E-state index contributed by atoms with van der Waals surface area (Å²) in [6, 6.07) is 8.55. The summed E-state index contributed by atoms with van der Waals surface area (Å²) >= 11 is 0. The van der Waals surface area contributed by atoms with Crippen LogP contribution in [0.15, 0.2) is 53.1 Å². The Balaban J connectivity index is 1.94. The molecular formula is C21H26O4S. The molecule has 1 aromatic carbocycles. The minimum absolute atomic E-state index is 0.0127. The zero-order valence-corrected chi connectivity index (χ0v) is 16.4. The highest BCUT2D eigenvalue weighted by Crippen LogP contribution is 2.67. The first kappa shape index (κ1) is 18.9. The van der Waals surface area contributed by atoms with Crippen LogP contribution in [0.1, 0.15) is 40.0 Å². The van der Waals surface area contributed by atoms with Crippen molar-refractivity contribution in [3.8, 4) is 0 Å². The molecule has 26 heavy (non-hydrogen) atoms. The smallest absolute Gasteiger partial charge is 0.338 e. The Hall–Kier alpha value is -1.84. The van der Waals surface area contributed by atoms with Gasteiger partial charge in [-0.05, 0) is 55.7 Å². The molecule has 5 heteroatoms. The molecule has 4 nitrogen and oxygen atoms in total. The molecular weight excluding hydrogens is 348 g/mol. The van der Waals surface area contributed by atoms with E-state index in [2.05, 4.69) is 19.6 Å². The monoisotopic (exact) mass is 374 g/mol. The zero-order chi connectivity index (χ0) is 19.0. The SMILES string of the molecule is CC=C=CC(=O)O[C@@H]1C[C@H]2CC[C@@]1(CS(=O)(=O)c1ccccc1)C2(C)C. The topological polar surface area (TPSA) is 60.4 Å². The Morgan fingerprint density at radius 2 is 2.00 bits per heavy atom. The molecule has 0 aliphatic heterocycles. The lowest BCUT2D eigenvalue weighted by atomic mass is 9.69. The maximum atomic E-state index is 13.1. The van der Waals surface area contributed by atoms with Crippen molar-refractivity contribution in [3.05, 3.63) is 48.2 Å². The van der Waals surface area contributed by atoms with Crippen molar-refractivity contribution in [3.63, 3.8) is 0 Å². The first-order chi connectivity index (χ1) is 12.2. The predicted molar refractivity (Wildman–Crippen MR) is 100 cm³/mol. The number of carbonyl (C=O) groups excluding carboxylic acids is 1. The lowest BCUT2D eigenvalue weighted by Crippen LogP contribution is -2.46. The van der Waals surface area contributed by atoms with Gasteiger partial charge in [-0.2, -0.15) is 0 Å². The molecule has 2 aliphatic carbocycles. The second-order valence-corrected chi connectivity index (χ2v) is 9.94. The third-order valence-corrected chi connectivity index (χ3v) is 8.42. The lowest BCUT2D eigenvalue weighted by Gasteiger charge is -2.41. The number of ether oxygens (including phenoxy) is 1. The summed E-state index contributed by atoms with van der Waals surface area (Å²) in [5, 5.41) is 0. The summed E-state index contributed by atoms with van der Waals surface area (Å²) in [7, 11) is -3.47. The average molecular weight is 375 g/mol. The van der Waals surface area contributed by atoms with Crippen LogP contribution in [0.3, 0.4) is 0 Å². The Bertz CT molecular complexity index is 847. The normalized spacial score (nSPS) is 29.0. The highest BCUT2D eigenvalue weighted by Gasteiger charge is 2.66. The number of rotatable bonds is 5. The van der Waals surface area contributed by atoms with Crippen LogP contribution in [-0.4, -0.2) is 26.2 Å². The van der Waals surface area contributed by atoms with Gasteiger partial charge in [0.25, 0.3) is 0 Å². The molecule has 0 spiro atoms. The van der Waals surface area contributed by atoms with Crippen molar-refractivity contribution in [1.29, 1.82) is 0 Å². The summed E-state index contributed by atoms with van der Waals surface area (Å²) in [4.78, 5) is 12.4. The number of hydrogen-bond acceptors (Lipinski definition) is 4. The van der Waals surface area contributed by atoms with E-state index in [9.17, 15) is 13.2 Å². The molecule has 2 aliphatic rings. The highest BCUT2D eigenvalue weighted by atomic mass is 32.2. The maximum Gasteiger partial charge on any atom is 0.338 e. The number of fused-ring (bicyclic) bond motifs is 2. The third-order valence-electron chi connectivity index (χ3n) is 6.53. The molecule has 0 N–H and O–H groups in total. The van der Waals surface area contributed by atoms with E-state index in [1.165, 1.54) is 6.08 Å². The van der Waals surface area contributed by atoms with Gasteiger partial charge in [0.05, 0.1) is 16.7 Å². The van der Waals surface area contributed by atoms with Crippen LogP contribution in [-0.2, 0) is 19.4 Å². The van der Waals surface area contributed by atoms with Crippen molar-refractivity contribution in [2.75, 3.05) is 5.75 Å². The van der Waals surface area contributed by atoms with Crippen LogP contribution < -0.4 is 0 Å². The summed E-state index contributed by atoms with van der Waals surface area (Å²) in [6.07, 6.45) is 5.02. The Kier molecular flexibility index (Phi) is 4.89. The zero-order valence-electron chi connectivity index (χ0n) is 15.6. The van der Waals surface area contributed by atoms with Gasteiger partial charge in [0.2, 0.25) is 0 Å². The summed E-state index contributed by atoms with van der Waals surface area (Å²) in [6.45, 7) is 6.03. The molecule has 140 valence electrons. The van der Waals surface area contributed by atoms with Crippen molar-refractivity contribution in [2.45, 2.75) is 51.0 Å². The standard InChI is InChI=1S/C21H26O4S/c1-4-5-11-19(22)25-18-14-16-12-13-21(18,20(16,2)3)15-26(23,24)17-9-7-6-8-10-17/h4,6-11,16,18H,12-15H2,1-3H3/t5?,16-,18-,21+/m1/s1. The van der Waals surface area contributed by atoms with Gasteiger partial charge in [-0.25, -0.2) is 13.2 Å². The Morgan fingerprint density at radius 3 is 2.62 bits per heavy atom. The van der Waals surface area contributed by atoms with Crippen LogP contribution in [0.5, 0.6) is 0 Å². The number of esters is 1. The van der Waals surface area contributed by atoms with E-state index in [0.29, 0.717) is 10.8 Å². The van der Waals surface area contributed by atoms with Gasteiger partial charge in [0, 0.05) is 5.41 Å². The van der Waals surface area contributed by atoms with Gasteiger partial charge in [-0.3, -0.25) is 0 Å². The van der Waals surface area contributed by atoms with E-state index in [0.717, 1.165) is 19.3 Å². The van der Waals surface area contributed by atoms with Gasteiger partial charge >= 0.3 is 5.97 Å². The molecule has 3 atom stereocenters. The number of sulfone groups is 1. The van der Waals surface area contributed by atoms with E-state index in [4.69, 9.17) is 4.74 Å². The van der Waals surface area contributed by atoms with Gasteiger partial charge in [-0.15, -0.1) is 5.73 Å². The van der Waals surface area contributed by atoms with Gasteiger partial charge in [-0.1, -0.05) is 32.0 Å². The molecule has 0 amide bonds. The molecule has 2 fully saturated rings. The molecule has 1 aromatic rings. The average Bonchev–Trinajstić information content (AvgIpc) is 2.95. The number of benzene rings is 1. The van der Waals surface area contributed by atoms with Crippen molar-refractivity contribution >= 4 is 15.8 Å². The molecule has 0 unspecified atom stereocenters. The number of hydrogen-bond donors (Lipinski definition) is 0. The third kappa shape index (κ3) is 3.04. The van der Waals surface area contributed by atoms with Crippen molar-refractivity contribution < 1.29 is 17.9 Å². The van der Waals surface area contributed by atoms with Crippen LogP contribution in [0.25, 0.3) is 0 Å². The van der Waals surface area contributed by atoms with E-state index < -0.39 is 21.2 Å². The van der Waals surface area contributed by atoms with E-state index in [1.54, 1.807) is 43.3 Å². The van der Waals surface area contributed by atoms with Crippen molar-refractivity contribution in [1.82, 2.24) is 0 Å². The van der Waals surface area contributed by atoms with Gasteiger partial charge in [0.1, 0.15) is 6.10 Å². The van der Waals surface area contributed by atoms with Gasteiger partial charge in [0.15, 0.2) is 9.84 Å². The first-order valence-electron chi connectivity index (χ1n) is 9.08. The largest absolute Gasteiger partial charge is 0.458 e. The molecule has 0 heterocycles. The highest BCUT2D eigenvalue weighted by molar-refractivity contribution is 7.91. The van der Waals surface area contributed by atoms with Crippen LogP contribution in [0.4, 0.5) is 0 Å². The van der Waals surface area contributed by atoms with Crippen LogP contribution >= 0.6 is 0 Å². The molecule has 0 radical (unpaired) electrons. The maximum absolute atomic E-state index is 13.1. The van der Waals surface area contributed by atoms with Crippen LogP contribution in [0, 0.1) is 16.7 Å². The molecule has 2 saturated carbocycles. The number of carbonyl (C=O) groups is 1. The van der Waals surface area contributed by atoms with E-state index in [-0.39, 0.29) is 17.3 Å². The second-order valence-electron chi connectivity index (χ2n) is 7.95. The quantitative estimate of drug-likeness (QED) is 0.445. The lowest BCUT2D eigenvalue weighted by molar-refractivity contribution is -0.150. The molecule has 2 bridgehead atoms. The van der Waals surface area contributed by atoms with E-state index >= 15 is 0 Å². The Morgan fingerprint density at radius 1 is 1.31 bits per heavy atom. The Labute approximate surface area is 155 Å². The summed E-state index contributed by atoms with van der Waals surface area (Å²) in [5.74, 6) is -0.0661.